The largest absolute Gasteiger partial charge is 0.463 e. The number of allylic oxidation sites excluding steroid dienone is 2. The highest BCUT2D eigenvalue weighted by atomic mass is 16.5. The third-order valence-electron chi connectivity index (χ3n) is 3.51. The second-order valence-electron chi connectivity index (χ2n) is 6.17. The Morgan fingerprint density at radius 2 is 1.38 bits per heavy atom. The average molecular weight is 296 g/mol. The van der Waals surface area contributed by atoms with Gasteiger partial charge in [-0.25, -0.2) is 0 Å². The Balaban J connectivity index is 3.18. The van der Waals surface area contributed by atoms with Gasteiger partial charge in [0.25, 0.3) is 0 Å². The Labute approximate surface area is 132 Å². The van der Waals surface area contributed by atoms with Gasteiger partial charge in [0.2, 0.25) is 0 Å². The normalized spacial score (nSPS) is 11.4. The Bertz CT molecular complexity index is 256. The minimum absolute atomic E-state index is 0.0197. The SMILES string of the molecule is CCCCCCC=CCCCCCCCC(=O)OC(C)C. The Morgan fingerprint density at radius 3 is 1.95 bits per heavy atom. The number of hydrogen-bond donors (Lipinski definition) is 0. The molecule has 0 saturated carbocycles. The molecule has 2 heteroatoms. The molecule has 0 aliphatic rings. The zero-order valence-corrected chi connectivity index (χ0v) is 14.5. The number of carbonyl (C=O) groups is 1. The van der Waals surface area contributed by atoms with E-state index in [0.717, 1.165) is 12.8 Å². The molecule has 0 N–H and O–H groups in total. The third-order valence-corrected chi connectivity index (χ3v) is 3.51. The molecular formula is C19H36O2. The zero-order chi connectivity index (χ0) is 15.8. The van der Waals surface area contributed by atoms with Crippen LogP contribution in [0.4, 0.5) is 0 Å². The lowest BCUT2D eigenvalue weighted by Gasteiger charge is -2.07. The maximum absolute atomic E-state index is 11.3. The molecule has 0 rings (SSSR count). The van der Waals surface area contributed by atoms with Crippen LogP contribution in [-0.2, 0) is 9.53 Å². The summed E-state index contributed by atoms with van der Waals surface area (Å²) in [6.07, 6.45) is 19.1. The van der Waals surface area contributed by atoms with Crippen LogP contribution >= 0.6 is 0 Å². The van der Waals surface area contributed by atoms with E-state index in [1.807, 2.05) is 13.8 Å². The molecule has 0 saturated heterocycles. The van der Waals surface area contributed by atoms with Crippen molar-refractivity contribution < 1.29 is 9.53 Å². The van der Waals surface area contributed by atoms with Crippen LogP contribution in [0.5, 0.6) is 0 Å². The van der Waals surface area contributed by atoms with Gasteiger partial charge in [0.15, 0.2) is 0 Å². The Kier molecular flexibility index (Phi) is 15.0. The summed E-state index contributed by atoms with van der Waals surface area (Å²) >= 11 is 0. The van der Waals surface area contributed by atoms with Crippen molar-refractivity contribution in [1.82, 2.24) is 0 Å². The second kappa shape index (κ2) is 15.6. The average Bonchev–Trinajstić information content (AvgIpc) is 2.43. The highest BCUT2D eigenvalue weighted by Crippen LogP contribution is 2.09. The van der Waals surface area contributed by atoms with Crippen molar-refractivity contribution in [2.75, 3.05) is 0 Å². The summed E-state index contributed by atoms with van der Waals surface area (Å²) in [5, 5.41) is 0. The summed E-state index contributed by atoms with van der Waals surface area (Å²) in [5.74, 6) is -0.0454. The topological polar surface area (TPSA) is 26.3 Å². The van der Waals surface area contributed by atoms with E-state index >= 15 is 0 Å². The van der Waals surface area contributed by atoms with Crippen LogP contribution < -0.4 is 0 Å². The molecule has 0 aromatic carbocycles. The highest BCUT2D eigenvalue weighted by Gasteiger charge is 2.04. The van der Waals surface area contributed by atoms with Crippen LogP contribution in [0.3, 0.4) is 0 Å². The quantitative estimate of drug-likeness (QED) is 0.217. The van der Waals surface area contributed by atoms with Gasteiger partial charge in [0.1, 0.15) is 0 Å². The molecule has 0 unspecified atom stereocenters. The molecule has 0 aliphatic carbocycles. The van der Waals surface area contributed by atoms with E-state index in [-0.39, 0.29) is 12.1 Å². The molecular weight excluding hydrogens is 260 g/mol. The van der Waals surface area contributed by atoms with Crippen molar-refractivity contribution in [3.63, 3.8) is 0 Å². The van der Waals surface area contributed by atoms with E-state index in [0.29, 0.717) is 6.42 Å². The van der Waals surface area contributed by atoms with Gasteiger partial charge in [0, 0.05) is 6.42 Å². The molecule has 0 aromatic heterocycles. The molecule has 0 amide bonds. The van der Waals surface area contributed by atoms with Gasteiger partial charge in [-0.2, -0.15) is 0 Å². The molecule has 0 radical (unpaired) electrons. The monoisotopic (exact) mass is 296 g/mol. The van der Waals surface area contributed by atoms with E-state index in [1.54, 1.807) is 0 Å². The van der Waals surface area contributed by atoms with Crippen LogP contribution in [0.15, 0.2) is 12.2 Å². The minimum atomic E-state index is -0.0454. The molecule has 0 aliphatic heterocycles. The van der Waals surface area contributed by atoms with Crippen LogP contribution in [0.25, 0.3) is 0 Å². The van der Waals surface area contributed by atoms with Crippen molar-refractivity contribution in [1.29, 1.82) is 0 Å². The van der Waals surface area contributed by atoms with Gasteiger partial charge in [-0.15, -0.1) is 0 Å². The van der Waals surface area contributed by atoms with Crippen molar-refractivity contribution in [2.24, 2.45) is 0 Å². The molecule has 0 bridgehead atoms. The molecule has 0 heterocycles. The van der Waals surface area contributed by atoms with E-state index in [1.165, 1.54) is 57.8 Å². The first-order valence-electron chi connectivity index (χ1n) is 9.01. The summed E-state index contributed by atoms with van der Waals surface area (Å²) in [6, 6.07) is 0. The maximum atomic E-state index is 11.3. The Morgan fingerprint density at radius 1 is 0.857 bits per heavy atom. The first-order valence-corrected chi connectivity index (χ1v) is 9.01. The lowest BCUT2D eigenvalue weighted by Crippen LogP contribution is -2.10. The summed E-state index contributed by atoms with van der Waals surface area (Å²) in [6.45, 7) is 6.05. The number of unbranched alkanes of at least 4 members (excludes halogenated alkanes) is 9. The lowest BCUT2D eigenvalue weighted by atomic mass is 10.1. The first-order chi connectivity index (χ1) is 10.2. The lowest BCUT2D eigenvalue weighted by molar-refractivity contribution is -0.147. The van der Waals surface area contributed by atoms with Crippen LogP contribution in [0.2, 0.25) is 0 Å². The van der Waals surface area contributed by atoms with E-state index in [4.69, 9.17) is 4.74 Å². The van der Waals surface area contributed by atoms with Gasteiger partial charge < -0.3 is 4.74 Å². The number of hydrogen-bond acceptors (Lipinski definition) is 2. The fourth-order valence-corrected chi connectivity index (χ4v) is 2.31. The van der Waals surface area contributed by atoms with Gasteiger partial charge in [-0.05, 0) is 46.0 Å². The summed E-state index contributed by atoms with van der Waals surface area (Å²) < 4.78 is 5.11. The third kappa shape index (κ3) is 17.2. The number of esters is 1. The molecule has 0 atom stereocenters. The molecule has 21 heavy (non-hydrogen) atoms. The number of ether oxygens (including phenoxy) is 1. The van der Waals surface area contributed by atoms with Crippen molar-refractivity contribution >= 4 is 5.97 Å². The number of rotatable bonds is 14. The standard InChI is InChI=1S/C19H36O2/c1-4-5-6-7-8-9-10-11-12-13-14-15-16-17-19(20)21-18(2)3/h9-10,18H,4-8,11-17H2,1-3H3. The summed E-state index contributed by atoms with van der Waals surface area (Å²) in [7, 11) is 0. The van der Waals surface area contributed by atoms with E-state index < -0.39 is 0 Å². The highest BCUT2D eigenvalue weighted by molar-refractivity contribution is 5.69. The van der Waals surface area contributed by atoms with Gasteiger partial charge in [-0.3, -0.25) is 4.79 Å². The molecule has 124 valence electrons. The van der Waals surface area contributed by atoms with Crippen molar-refractivity contribution in [3.05, 3.63) is 12.2 Å². The molecule has 2 nitrogen and oxygen atoms in total. The zero-order valence-electron chi connectivity index (χ0n) is 14.5. The van der Waals surface area contributed by atoms with Crippen LogP contribution in [-0.4, -0.2) is 12.1 Å². The van der Waals surface area contributed by atoms with Gasteiger partial charge in [-0.1, -0.05) is 57.6 Å². The summed E-state index contributed by atoms with van der Waals surface area (Å²) in [5.41, 5.74) is 0. The van der Waals surface area contributed by atoms with Crippen molar-refractivity contribution in [3.8, 4) is 0 Å². The number of carbonyl (C=O) groups excluding carboxylic acids is 1. The van der Waals surface area contributed by atoms with Gasteiger partial charge >= 0.3 is 5.97 Å². The van der Waals surface area contributed by atoms with E-state index in [9.17, 15) is 4.79 Å². The predicted octanol–water partition coefficient (Wildman–Crippen LogP) is 6.20. The van der Waals surface area contributed by atoms with Gasteiger partial charge in [0.05, 0.1) is 6.10 Å². The van der Waals surface area contributed by atoms with E-state index in [2.05, 4.69) is 19.1 Å². The van der Waals surface area contributed by atoms with Crippen LogP contribution in [0, 0.1) is 0 Å². The van der Waals surface area contributed by atoms with Crippen molar-refractivity contribution in [2.45, 2.75) is 104 Å². The van der Waals surface area contributed by atoms with Crippen LogP contribution in [0.1, 0.15) is 97.8 Å². The molecule has 0 aromatic rings. The first kappa shape index (κ1) is 20.2. The summed E-state index contributed by atoms with van der Waals surface area (Å²) in [4.78, 5) is 11.3. The second-order valence-corrected chi connectivity index (χ2v) is 6.17. The molecule has 0 spiro atoms. The molecule has 0 fully saturated rings. The minimum Gasteiger partial charge on any atom is -0.463 e. The maximum Gasteiger partial charge on any atom is 0.306 e. The smallest absolute Gasteiger partial charge is 0.306 e. The fourth-order valence-electron chi connectivity index (χ4n) is 2.31. The fraction of sp³-hybridized carbons (Fsp3) is 0.842. The predicted molar refractivity (Wildman–Crippen MR) is 91.4 cm³/mol. The Hall–Kier alpha value is -0.790.